The third kappa shape index (κ3) is 2.23. The number of rotatable bonds is 3. The van der Waals surface area contributed by atoms with E-state index < -0.39 is 5.00 Å². The Morgan fingerprint density at radius 1 is 1.33 bits per heavy atom. The quantitative estimate of drug-likeness (QED) is 0.566. The molecule has 1 nitrogen and oxygen atoms in total. The van der Waals surface area contributed by atoms with E-state index in [0.29, 0.717) is 0 Å². The predicted octanol–water partition coefficient (Wildman–Crippen LogP) is 2.84. The highest BCUT2D eigenvalue weighted by atomic mass is 35.5. The van der Waals surface area contributed by atoms with Gasteiger partial charge in [-0.05, 0) is 12.0 Å². The summed E-state index contributed by atoms with van der Waals surface area (Å²) in [6.45, 7) is 2.08. The average Bonchev–Trinajstić information content (AvgIpc) is 2.06. The first kappa shape index (κ1) is 9.56. The molecule has 1 rings (SSSR count). The van der Waals surface area contributed by atoms with E-state index in [-0.39, 0.29) is 0 Å². The van der Waals surface area contributed by atoms with Crippen molar-refractivity contribution in [1.29, 1.82) is 0 Å². The van der Waals surface area contributed by atoms with Gasteiger partial charge < -0.3 is 5.73 Å². The van der Waals surface area contributed by atoms with Gasteiger partial charge in [0.15, 0.2) is 0 Å². The first-order valence-electron chi connectivity index (χ1n) is 4.20. The fourth-order valence-corrected chi connectivity index (χ4v) is 1.54. The maximum Gasteiger partial charge on any atom is 0.117 e. The molecule has 0 bridgehead atoms. The fraction of sp³-hybridized carbons (Fsp3) is 0.400. The van der Waals surface area contributed by atoms with Gasteiger partial charge >= 0.3 is 0 Å². The highest BCUT2D eigenvalue weighted by Crippen LogP contribution is 2.27. The van der Waals surface area contributed by atoms with E-state index in [4.69, 9.17) is 17.3 Å². The second-order valence-electron chi connectivity index (χ2n) is 2.98. The van der Waals surface area contributed by atoms with Gasteiger partial charge in [-0.15, -0.1) is 0 Å². The SMILES string of the molecule is CCCC(N)(Cl)c1ccccc1. The topological polar surface area (TPSA) is 26.0 Å². The Morgan fingerprint density at radius 3 is 2.42 bits per heavy atom. The number of halogens is 1. The summed E-state index contributed by atoms with van der Waals surface area (Å²) in [5, 5.41) is 0. The van der Waals surface area contributed by atoms with Gasteiger partial charge in [0, 0.05) is 0 Å². The molecule has 0 amide bonds. The highest BCUT2D eigenvalue weighted by Gasteiger charge is 2.21. The lowest BCUT2D eigenvalue weighted by atomic mass is 10.0. The maximum absolute atomic E-state index is 6.14. The molecule has 2 N–H and O–H groups in total. The zero-order chi connectivity index (χ0) is 9.03. The second kappa shape index (κ2) is 3.92. The van der Waals surface area contributed by atoms with Crippen molar-refractivity contribution >= 4 is 11.6 Å². The van der Waals surface area contributed by atoms with Gasteiger partial charge in [0.1, 0.15) is 5.00 Å². The van der Waals surface area contributed by atoms with Crippen molar-refractivity contribution in [2.45, 2.75) is 24.8 Å². The number of hydrogen-bond donors (Lipinski definition) is 1. The van der Waals surface area contributed by atoms with E-state index in [9.17, 15) is 0 Å². The minimum atomic E-state index is -0.685. The van der Waals surface area contributed by atoms with Gasteiger partial charge in [-0.1, -0.05) is 55.3 Å². The number of nitrogens with two attached hydrogens (primary N) is 1. The molecule has 0 saturated carbocycles. The number of hydrogen-bond acceptors (Lipinski definition) is 1. The van der Waals surface area contributed by atoms with Crippen molar-refractivity contribution in [3.63, 3.8) is 0 Å². The molecule has 0 aliphatic carbocycles. The molecule has 1 unspecified atom stereocenters. The molecule has 0 fully saturated rings. The summed E-state index contributed by atoms with van der Waals surface area (Å²) >= 11 is 6.14. The number of benzene rings is 1. The molecule has 0 heterocycles. The lowest BCUT2D eigenvalue weighted by molar-refractivity contribution is 0.569. The van der Waals surface area contributed by atoms with Crippen LogP contribution in [0.3, 0.4) is 0 Å². The lowest BCUT2D eigenvalue weighted by Crippen LogP contribution is -2.29. The van der Waals surface area contributed by atoms with Crippen LogP contribution >= 0.6 is 11.6 Å². The Hall–Kier alpha value is -0.530. The molecule has 0 aliphatic rings. The van der Waals surface area contributed by atoms with Crippen LogP contribution in [0.5, 0.6) is 0 Å². The summed E-state index contributed by atoms with van der Waals surface area (Å²) in [4.78, 5) is -0.685. The summed E-state index contributed by atoms with van der Waals surface area (Å²) in [5.41, 5.74) is 6.91. The van der Waals surface area contributed by atoms with Gasteiger partial charge in [-0.3, -0.25) is 0 Å². The van der Waals surface area contributed by atoms with E-state index in [2.05, 4.69) is 6.92 Å². The standard InChI is InChI=1S/C10H14ClN/c1-2-8-10(11,12)9-6-4-3-5-7-9/h3-7H,2,8,12H2,1H3. The maximum atomic E-state index is 6.14. The first-order valence-corrected chi connectivity index (χ1v) is 4.58. The monoisotopic (exact) mass is 183 g/mol. The molecule has 1 aromatic carbocycles. The Bertz CT molecular complexity index is 231. The Balaban J connectivity index is 2.82. The van der Waals surface area contributed by atoms with Crippen molar-refractivity contribution in [2.75, 3.05) is 0 Å². The molecule has 0 aliphatic heterocycles. The molecule has 1 aromatic rings. The molecule has 2 heteroatoms. The molecule has 1 atom stereocenters. The average molecular weight is 184 g/mol. The van der Waals surface area contributed by atoms with E-state index in [1.54, 1.807) is 0 Å². The Morgan fingerprint density at radius 2 is 1.92 bits per heavy atom. The van der Waals surface area contributed by atoms with E-state index >= 15 is 0 Å². The van der Waals surface area contributed by atoms with Crippen LogP contribution in [0.25, 0.3) is 0 Å². The van der Waals surface area contributed by atoms with Gasteiger partial charge in [-0.2, -0.15) is 0 Å². The zero-order valence-corrected chi connectivity index (χ0v) is 8.01. The lowest BCUT2D eigenvalue weighted by Gasteiger charge is -2.21. The van der Waals surface area contributed by atoms with Crippen LogP contribution in [0, 0.1) is 0 Å². The third-order valence-corrected chi connectivity index (χ3v) is 2.27. The Kier molecular flexibility index (Phi) is 3.12. The van der Waals surface area contributed by atoms with Crippen molar-refractivity contribution in [1.82, 2.24) is 0 Å². The van der Waals surface area contributed by atoms with E-state index in [1.807, 2.05) is 30.3 Å². The van der Waals surface area contributed by atoms with Crippen molar-refractivity contribution in [3.8, 4) is 0 Å². The third-order valence-electron chi connectivity index (χ3n) is 1.87. The van der Waals surface area contributed by atoms with Crippen LogP contribution in [-0.4, -0.2) is 0 Å². The van der Waals surface area contributed by atoms with Gasteiger partial charge in [-0.25, -0.2) is 0 Å². The summed E-state index contributed by atoms with van der Waals surface area (Å²) in [5.74, 6) is 0. The molecular formula is C10H14ClN. The van der Waals surface area contributed by atoms with Gasteiger partial charge in [0.25, 0.3) is 0 Å². The summed E-state index contributed by atoms with van der Waals surface area (Å²) < 4.78 is 0. The second-order valence-corrected chi connectivity index (χ2v) is 3.65. The van der Waals surface area contributed by atoms with Crippen LogP contribution < -0.4 is 5.73 Å². The number of alkyl halides is 1. The first-order chi connectivity index (χ1) is 5.67. The molecule has 66 valence electrons. The van der Waals surface area contributed by atoms with Crippen LogP contribution in [0.2, 0.25) is 0 Å². The van der Waals surface area contributed by atoms with E-state index in [0.717, 1.165) is 18.4 Å². The van der Waals surface area contributed by atoms with Gasteiger partial charge in [0.05, 0.1) is 0 Å². The van der Waals surface area contributed by atoms with Crippen LogP contribution in [0.1, 0.15) is 25.3 Å². The van der Waals surface area contributed by atoms with Crippen molar-refractivity contribution < 1.29 is 0 Å². The minimum absolute atomic E-state index is 0.685. The van der Waals surface area contributed by atoms with Crippen molar-refractivity contribution in [3.05, 3.63) is 35.9 Å². The fourth-order valence-electron chi connectivity index (χ4n) is 1.22. The normalized spacial score (nSPS) is 15.6. The molecular weight excluding hydrogens is 170 g/mol. The summed E-state index contributed by atoms with van der Waals surface area (Å²) in [6.07, 6.45) is 1.80. The molecule has 0 spiro atoms. The Labute approximate surface area is 78.5 Å². The van der Waals surface area contributed by atoms with E-state index in [1.165, 1.54) is 0 Å². The summed E-state index contributed by atoms with van der Waals surface area (Å²) in [6, 6.07) is 9.79. The molecule has 0 saturated heterocycles. The van der Waals surface area contributed by atoms with Crippen LogP contribution in [0.15, 0.2) is 30.3 Å². The van der Waals surface area contributed by atoms with Crippen molar-refractivity contribution in [2.24, 2.45) is 5.73 Å². The summed E-state index contributed by atoms with van der Waals surface area (Å²) in [7, 11) is 0. The zero-order valence-electron chi connectivity index (χ0n) is 7.26. The highest BCUT2D eigenvalue weighted by molar-refractivity contribution is 6.23. The predicted molar refractivity (Wildman–Crippen MR) is 53.1 cm³/mol. The van der Waals surface area contributed by atoms with Crippen LogP contribution in [-0.2, 0) is 5.00 Å². The molecule has 0 aromatic heterocycles. The smallest absolute Gasteiger partial charge is 0.117 e. The minimum Gasteiger partial charge on any atom is -0.309 e. The van der Waals surface area contributed by atoms with Crippen LogP contribution in [0.4, 0.5) is 0 Å². The molecule has 12 heavy (non-hydrogen) atoms. The van der Waals surface area contributed by atoms with Gasteiger partial charge in [0.2, 0.25) is 0 Å². The molecule has 0 radical (unpaired) electrons. The largest absolute Gasteiger partial charge is 0.309 e.